The minimum Gasteiger partial charge on any atom is -0.493 e. The molecule has 0 aromatic heterocycles. The van der Waals surface area contributed by atoms with E-state index in [1.807, 2.05) is 12.1 Å². The van der Waals surface area contributed by atoms with E-state index in [9.17, 15) is 40.2 Å². The molecule has 0 saturated heterocycles. The maximum Gasteiger partial charge on any atom is 0.314 e. The summed E-state index contributed by atoms with van der Waals surface area (Å²) >= 11 is 0. The minimum absolute atomic E-state index is 0.320. The van der Waals surface area contributed by atoms with Gasteiger partial charge in [0.2, 0.25) is 0 Å². The number of carboxylic acid groups (broad SMARTS) is 2. The van der Waals surface area contributed by atoms with Gasteiger partial charge in [-0.3, -0.25) is 9.59 Å². The molecule has 0 heterocycles. The molecule has 4 unspecified atom stereocenters. The zero-order valence-electron chi connectivity index (χ0n) is 27.8. The number of carboxylic acids is 2. The number of ether oxygens (including phenoxy) is 4. The molecule has 6 N–H and O–H groups in total. The monoisotopic (exact) mass is 660 g/mol. The van der Waals surface area contributed by atoms with Crippen LogP contribution in [0.15, 0.2) is 60.7 Å². The van der Waals surface area contributed by atoms with Gasteiger partial charge in [0.05, 0.1) is 53.9 Å². The van der Waals surface area contributed by atoms with E-state index in [4.69, 9.17) is 18.9 Å². The molecule has 0 fully saturated rings. The van der Waals surface area contributed by atoms with Crippen LogP contribution in [0.2, 0.25) is 0 Å². The Labute approximate surface area is 275 Å². The van der Waals surface area contributed by atoms with Gasteiger partial charge in [-0.2, -0.15) is 0 Å². The number of rotatable bonds is 20. The van der Waals surface area contributed by atoms with Crippen LogP contribution in [-0.2, 0) is 22.4 Å². The standard InChI is InChI=1S/C35H48O12/c1-33(21-36,31(40)41)29(38)19-35(20-30(39)34(2,22-37)32(42)43,15-7-9-23-11-13-25(44-3)27(17-23)46-5)16-8-10-24-12-14-26(45-4)28(18-24)47-6/h7-8,11-18,29-30,36-39H,9-10,19-22H2,1-6H3,(H,40,41)(H,42,43)/b15-7+,16-8+. The quantitative estimate of drug-likeness (QED) is 0.114. The number of benzene rings is 2. The number of allylic oxidation sites excluding steroid dienone is 4. The minimum atomic E-state index is -1.97. The highest BCUT2D eigenvalue weighted by atomic mass is 16.5. The predicted molar refractivity (Wildman–Crippen MR) is 174 cm³/mol. The third-order valence-electron chi connectivity index (χ3n) is 8.75. The molecule has 47 heavy (non-hydrogen) atoms. The van der Waals surface area contributed by atoms with Crippen molar-refractivity contribution in [2.24, 2.45) is 16.2 Å². The number of aliphatic hydroxyl groups excluding tert-OH is 4. The summed E-state index contributed by atoms with van der Waals surface area (Å²) in [6.07, 6.45) is 3.64. The number of carbonyl (C=O) groups is 2. The van der Waals surface area contributed by atoms with Crippen LogP contribution in [0.3, 0.4) is 0 Å². The van der Waals surface area contributed by atoms with E-state index in [1.54, 1.807) is 48.6 Å². The van der Waals surface area contributed by atoms with Crippen molar-refractivity contribution in [1.82, 2.24) is 0 Å². The van der Waals surface area contributed by atoms with Crippen LogP contribution < -0.4 is 18.9 Å². The topological polar surface area (TPSA) is 192 Å². The summed E-state index contributed by atoms with van der Waals surface area (Å²) in [7, 11) is 6.06. The molecular formula is C35H48O12. The molecule has 0 aliphatic rings. The van der Waals surface area contributed by atoms with E-state index in [0.717, 1.165) is 11.1 Å². The molecule has 260 valence electrons. The summed E-state index contributed by atoms with van der Waals surface area (Å²) in [6.45, 7) is 0.653. The first-order valence-electron chi connectivity index (χ1n) is 15.0. The molecule has 0 aliphatic heterocycles. The second kappa shape index (κ2) is 17.2. The van der Waals surface area contributed by atoms with E-state index in [-0.39, 0.29) is 12.8 Å². The van der Waals surface area contributed by atoms with Crippen LogP contribution >= 0.6 is 0 Å². The molecule has 2 aromatic rings. The average Bonchev–Trinajstić information content (AvgIpc) is 3.06. The van der Waals surface area contributed by atoms with E-state index < -0.39 is 53.6 Å². The van der Waals surface area contributed by atoms with Crippen LogP contribution in [0.25, 0.3) is 0 Å². The maximum atomic E-state index is 12.2. The van der Waals surface area contributed by atoms with E-state index in [1.165, 1.54) is 42.3 Å². The molecule has 2 rings (SSSR count). The van der Waals surface area contributed by atoms with Crippen molar-refractivity contribution in [3.8, 4) is 23.0 Å². The Bertz CT molecular complexity index is 1300. The van der Waals surface area contributed by atoms with Gasteiger partial charge in [-0.1, -0.05) is 36.4 Å². The van der Waals surface area contributed by atoms with E-state index in [2.05, 4.69) is 0 Å². The maximum absolute atomic E-state index is 12.2. The Morgan fingerprint density at radius 2 is 1.00 bits per heavy atom. The molecule has 0 saturated carbocycles. The first-order chi connectivity index (χ1) is 22.2. The van der Waals surface area contributed by atoms with Crippen molar-refractivity contribution < 1.29 is 59.2 Å². The van der Waals surface area contributed by atoms with E-state index in [0.29, 0.717) is 35.8 Å². The molecule has 12 heteroatoms. The van der Waals surface area contributed by atoms with Gasteiger partial charge in [-0.05, 0) is 74.9 Å². The highest BCUT2D eigenvalue weighted by molar-refractivity contribution is 5.75. The van der Waals surface area contributed by atoms with E-state index >= 15 is 0 Å². The second-order valence-electron chi connectivity index (χ2n) is 12.0. The third kappa shape index (κ3) is 9.48. The average molecular weight is 661 g/mol. The van der Waals surface area contributed by atoms with Crippen molar-refractivity contribution in [1.29, 1.82) is 0 Å². The summed E-state index contributed by atoms with van der Waals surface area (Å²) in [5.74, 6) is -0.787. The molecule has 0 amide bonds. The van der Waals surface area contributed by atoms with Crippen LogP contribution in [0.1, 0.15) is 37.8 Å². The summed E-state index contributed by atoms with van der Waals surface area (Å²) in [5, 5.41) is 62.4. The Morgan fingerprint density at radius 3 is 1.28 bits per heavy atom. The van der Waals surface area contributed by atoms with Gasteiger partial charge in [-0.15, -0.1) is 0 Å². The van der Waals surface area contributed by atoms with Gasteiger partial charge in [0.1, 0.15) is 10.8 Å². The molecule has 0 spiro atoms. The predicted octanol–water partition coefficient (Wildman–Crippen LogP) is 3.27. The number of aliphatic hydroxyl groups is 4. The molecule has 4 atom stereocenters. The van der Waals surface area contributed by atoms with Crippen molar-refractivity contribution in [2.75, 3.05) is 41.7 Å². The highest BCUT2D eigenvalue weighted by Crippen LogP contribution is 2.42. The van der Waals surface area contributed by atoms with Gasteiger partial charge in [0, 0.05) is 5.41 Å². The fourth-order valence-electron chi connectivity index (χ4n) is 5.09. The Morgan fingerprint density at radius 1 is 0.660 bits per heavy atom. The molecular weight excluding hydrogens is 612 g/mol. The van der Waals surface area contributed by atoms with Crippen LogP contribution in [0, 0.1) is 16.2 Å². The Kier molecular flexibility index (Phi) is 14.3. The highest BCUT2D eigenvalue weighted by Gasteiger charge is 2.47. The lowest BCUT2D eigenvalue weighted by Crippen LogP contribution is -2.48. The van der Waals surface area contributed by atoms with Crippen molar-refractivity contribution in [2.45, 2.75) is 51.7 Å². The summed E-state index contributed by atoms with van der Waals surface area (Å²) in [4.78, 5) is 24.3. The van der Waals surface area contributed by atoms with Crippen molar-refractivity contribution >= 4 is 11.9 Å². The number of methoxy groups -OCH3 is 4. The second-order valence-corrected chi connectivity index (χ2v) is 12.0. The van der Waals surface area contributed by atoms with Crippen molar-refractivity contribution in [3.05, 3.63) is 71.8 Å². The molecule has 2 aromatic carbocycles. The lowest BCUT2D eigenvalue weighted by Gasteiger charge is -2.39. The van der Waals surface area contributed by atoms with Gasteiger partial charge in [0.15, 0.2) is 23.0 Å². The molecule has 0 aliphatic carbocycles. The summed E-state index contributed by atoms with van der Waals surface area (Å²) in [5.41, 5.74) is -3.67. The van der Waals surface area contributed by atoms with Gasteiger partial charge in [0.25, 0.3) is 0 Å². The lowest BCUT2D eigenvalue weighted by molar-refractivity contribution is -0.161. The van der Waals surface area contributed by atoms with Crippen LogP contribution in [0.4, 0.5) is 0 Å². The zero-order chi connectivity index (χ0) is 35.4. The third-order valence-corrected chi connectivity index (χ3v) is 8.75. The summed E-state index contributed by atoms with van der Waals surface area (Å²) in [6, 6.07) is 10.7. The van der Waals surface area contributed by atoms with Crippen LogP contribution in [0.5, 0.6) is 23.0 Å². The lowest BCUT2D eigenvalue weighted by atomic mass is 9.68. The molecule has 12 nitrogen and oxygen atoms in total. The normalized spacial score (nSPS) is 15.9. The first kappa shape index (κ1) is 39.1. The molecule has 0 bridgehead atoms. The van der Waals surface area contributed by atoms with Crippen molar-refractivity contribution in [3.63, 3.8) is 0 Å². The number of hydrogen-bond donors (Lipinski definition) is 6. The molecule has 0 radical (unpaired) electrons. The number of hydrogen-bond acceptors (Lipinski definition) is 10. The van der Waals surface area contributed by atoms with Gasteiger partial charge >= 0.3 is 11.9 Å². The summed E-state index contributed by atoms with van der Waals surface area (Å²) < 4.78 is 21.4. The Hall–Kier alpha value is -4.10. The smallest absolute Gasteiger partial charge is 0.314 e. The SMILES string of the molecule is COc1ccc(C/C=C/C(/C=C/Cc2ccc(OC)c(OC)c2)(CC(O)C(C)(CO)C(=O)O)CC(O)C(C)(CO)C(=O)O)cc1OC. The van der Waals surface area contributed by atoms with Crippen LogP contribution in [-0.4, -0.2) is 96.4 Å². The number of aliphatic carboxylic acids is 2. The zero-order valence-corrected chi connectivity index (χ0v) is 27.8. The van der Waals surface area contributed by atoms with Gasteiger partial charge < -0.3 is 49.6 Å². The Balaban J connectivity index is 2.69. The first-order valence-corrected chi connectivity index (χ1v) is 15.0. The fraction of sp³-hybridized carbons (Fsp3) is 0.486. The largest absolute Gasteiger partial charge is 0.493 e. The van der Waals surface area contributed by atoms with Gasteiger partial charge in [-0.25, -0.2) is 0 Å². The fourth-order valence-corrected chi connectivity index (χ4v) is 5.09.